The number of phosphoric acid groups is 1. The number of nitrogens with zero attached hydrogens (tertiary/aromatic N) is 1. The van der Waals surface area contributed by atoms with E-state index < -0.39 is 7.82 Å². The van der Waals surface area contributed by atoms with Gasteiger partial charge in [0.15, 0.2) is 0 Å². The third kappa shape index (κ3) is 25.3. The maximum Gasteiger partial charge on any atom is 0.268 e. The number of ether oxygens (including phenoxy) is 1. The van der Waals surface area contributed by atoms with Gasteiger partial charge in [0.25, 0.3) is 7.82 Å². The molecule has 0 bridgehead atoms. The number of phosphoric ester groups is 1. The molecule has 0 fully saturated rings. The zero-order valence-electron chi connectivity index (χ0n) is 22.4. The Morgan fingerprint density at radius 2 is 1.30 bits per heavy atom. The molecule has 0 aliphatic rings. The zero-order chi connectivity index (χ0) is 24.8. The lowest BCUT2D eigenvalue weighted by atomic mass is 10.0. The molecule has 0 N–H and O–H groups in total. The first-order chi connectivity index (χ1) is 15.7. The van der Waals surface area contributed by atoms with Crippen molar-refractivity contribution in [2.24, 2.45) is 0 Å². The lowest BCUT2D eigenvalue weighted by Crippen LogP contribution is -2.37. The minimum Gasteiger partial charge on any atom is -0.756 e. The number of unbranched alkanes of at least 4 members (excludes halogenated alkanes) is 13. The van der Waals surface area contributed by atoms with Crippen LogP contribution < -0.4 is 4.89 Å². The summed E-state index contributed by atoms with van der Waals surface area (Å²) in [5.41, 5.74) is 0. The molecular formula is C25H54NO5PS. The van der Waals surface area contributed by atoms with E-state index in [1.165, 1.54) is 89.9 Å². The molecule has 6 nitrogen and oxygen atoms in total. The summed E-state index contributed by atoms with van der Waals surface area (Å²) in [6.07, 6.45) is 18.9. The molecule has 0 aliphatic heterocycles. The van der Waals surface area contributed by atoms with Crippen molar-refractivity contribution in [1.29, 1.82) is 0 Å². The van der Waals surface area contributed by atoms with Crippen molar-refractivity contribution >= 4 is 19.6 Å². The van der Waals surface area contributed by atoms with Gasteiger partial charge in [-0.25, -0.2) is 0 Å². The Bertz CT molecular complexity index is 476. The third-order valence-electron chi connectivity index (χ3n) is 5.71. The molecule has 0 saturated carbocycles. The van der Waals surface area contributed by atoms with Crippen molar-refractivity contribution in [3.63, 3.8) is 0 Å². The monoisotopic (exact) mass is 511 g/mol. The van der Waals surface area contributed by atoms with Crippen LogP contribution in [0.5, 0.6) is 0 Å². The van der Waals surface area contributed by atoms with Gasteiger partial charge in [-0.05, 0) is 12.2 Å². The predicted octanol–water partition coefficient (Wildman–Crippen LogP) is 6.42. The molecule has 0 aliphatic carbocycles. The van der Waals surface area contributed by atoms with Crippen LogP contribution in [0.4, 0.5) is 0 Å². The number of methoxy groups -OCH3 is 1. The molecule has 0 amide bonds. The fourth-order valence-corrected chi connectivity index (χ4v) is 5.23. The van der Waals surface area contributed by atoms with Crippen LogP contribution in [-0.4, -0.2) is 70.1 Å². The molecule has 1 unspecified atom stereocenters. The van der Waals surface area contributed by atoms with Crippen molar-refractivity contribution in [3.8, 4) is 0 Å². The van der Waals surface area contributed by atoms with Gasteiger partial charge in [-0.2, -0.15) is 11.8 Å². The van der Waals surface area contributed by atoms with Crippen molar-refractivity contribution < 1.29 is 27.7 Å². The number of quaternary nitrogens is 1. The van der Waals surface area contributed by atoms with Crippen LogP contribution in [0.1, 0.15) is 96.8 Å². The molecular weight excluding hydrogens is 457 g/mol. The summed E-state index contributed by atoms with van der Waals surface area (Å²) < 4.78 is 27.8. The molecule has 8 heteroatoms. The number of rotatable bonds is 25. The van der Waals surface area contributed by atoms with Gasteiger partial charge in [-0.15, -0.1) is 0 Å². The topological polar surface area (TPSA) is 67.8 Å². The smallest absolute Gasteiger partial charge is 0.268 e. The molecule has 0 radical (unpaired) electrons. The summed E-state index contributed by atoms with van der Waals surface area (Å²) in [7, 11) is 3.27. The molecule has 0 aromatic rings. The Morgan fingerprint density at radius 3 is 1.76 bits per heavy atom. The summed E-state index contributed by atoms with van der Waals surface area (Å²) >= 11 is 1.80. The van der Waals surface area contributed by atoms with Gasteiger partial charge >= 0.3 is 0 Å². The predicted molar refractivity (Wildman–Crippen MR) is 141 cm³/mol. The number of hydrogen-bond acceptors (Lipinski definition) is 6. The normalized spacial score (nSPS) is 15.0. The summed E-state index contributed by atoms with van der Waals surface area (Å²) in [6.45, 7) is 3.00. The van der Waals surface area contributed by atoms with E-state index in [9.17, 15) is 9.46 Å². The van der Waals surface area contributed by atoms with Crippen LogP contribution in [0.3, 0.4) is 0 Å². The fourth-order valence-electron chi connectivity index (χ4n) is 3.44. The van der Waals surface area contributed by atoms with Gasteiger partial charge < -0.3 is 23.2 Å². The second-order valence-corrected chi connectivity index (χ2v) is 12.7. The van der Waals surface area contributed by atoms with Crippen LogP contribution in [-0.2, 0) is 18.3 Å². The molecule has 33 heavy (non-hydrogen) atoms. The van der Waals surface area contributed by atoms with Crippen LogP contribution >= 0.6 is 19.6 Å². The highest BCUT2D eigenvalue weighted by atomic mass is 32.2. The molecule has 0 saturated heterocycles. The number of hydrogen-bond donors (Lipinski definition) is 0. The SMILES string of the molecule is CCCCCCCCCCCCCCCCSC[C@H](COP(=O)([O-])OCC[N+](C)(C)C)OC. The largest absolute Gasteiger partial charge is 0.756 e. The van der Waals surface area contributed by atoms with Crippen molar-refractivity contribution in [1.82, 2.24) is 0 Å². The molecule has 0 rings (SSSR count). The number of likely N-dealkylation sites (N-methyl/N-ethyl adjacent to an activating group) is 1. The van der Waals surface area contributed by atoms with Gasteiger partial charge in [0, 0.05) is 12.9 Å². The van der Waals surface area contributed by atoms with E-state index in [0.717, 1.165) is 11.5 Å². The second-order valence-electron chi connectivity index (χ2n) is 10.1. The lowest BCUT2D eigenvalue weighted by molar-refractivity contribution is -0.870. The van der Waals surface area contributed by atoms with E-state index >= 15 is 0 Å². The van der Waals surface area contributed by atoms with E-state index in [-0.39, 0.29) is 19.3 Å². The van der Waals surface area contributed by atoms with Crippen LogP contribution in [0.15, 0.2) is 0 Å². The van der Waals surface area contributed by atoms with Crippen molar-refractivity contribution in [2.45, 2.75) is 103 Å². The van der Waals surface area contributed by atoms with Gasteiger partial charge in [-0.3, -0.25) is 4.57 Å². The summed E-state index contributed by atoms with van der Waals surface area (Å²) in [5, 5.41) is 0. The van der Waals surface area contributed by atoms with Gasteiger partial charge in [-0.1, -0.05) is 90.4 Å². The quantitative estimate of drug-likeness (QED) is 0.0800. The Labute approximate surface area is 209 Å². The first kappa shape index (κ1) is 33.4. The van der Waals surface area contributed by atoms with E-state index in [0.29, 0.717) is 11.0 Å². The summed E-state index contributed by atoms with van der Waals surface area (Å²) in [4.78, 5) is 11.9. The molecule has 0 aromatic heterocycles. The van der Waals surface area contributed by atoms with Gasteiger partial charge in [0.05, 0.1) is 33.9 Å². The maximum atomic E-state index is 11.9. The maximum absolute atomic E-state index is 11.9. The van der Waals surface area contributed by atoms with Crippen molar-refractivity contribution in [2.75, 3.05) is 59.5 Å². The van der Waals surface area contributed by atoms with Gasteiger partial charge in [0.1, 0.15) is 13.2 Å². The van der Waals surface area contributed by atoms with Crippen LogP contribution in [0.25, 0.3) is 0 Å². The highest BCUT2D eigenvalue weighted by Gasteiger charge is 2.16. The standard InChI is InChI=1S/C25H54NO5PS/c1-6-7-8-9-10-11-12-13-14-15-16-17-18-19-22-33-24-25(29-5)23-31-32(27,28)30-21-20-26(2,3)4/h25H,6-24H2,1-5H3/t25-/m0/s1. The molecule has 0 aromatic carbocycles. The highest BCUT2D eigenvalue weighted by Crippen LogP contribution is 2.38. The lowest BCUT2D eigenvalue weighted by Gasteiger charge is -2.28. The second kappa shape index (κ2) is 21.6. The minimum atomic E-state index is -4.27. The van der Waals surface area contributed by atoms with E-state index in [1.807, 2.05) is 21.1 Å². The van der Waals surface area contributed by atoms with Crippen molar-refractivity contribution in [3.05, 3.63) is 0 Å². The van der Waals surface area contributed by atoms with Crippen LogP contribution in [0.2, 0.25) is 0 Å². The average molecular weight is 512 g/mol. The van der Waals surface area contributed by atoms with E-state index in [4.69, 9.17) is 13.8 Å². The van der Waals surface area contributed by atoms with Crippen LogP contribution in [0, 0.1) is 0 Å². The molecule has 0 spiro atoms. The first-order valence-electron chi connectivity index (χ1n) is 13.2. The summed E-state index contributed by atoms with van der Waals surface area (Å²) in [5.74, 6) is 1.81. The summed E-state index contributed by atoms with van der Waals surface area (Å²) in [6, 6.07) is 0. The molecule has 2 atom stereocenters. The fraction of sp³-hybridized carbons (Fsp3) is 1.00. The molecule has 0 heterocycles. The third-order valence-corrected chi connectivity index (χ3v) is 7.86. The Morgan fingerprint density at radius 1 is 0.818 bits per heavy atom. The van der Waals surface area contributed by atoms with Gasteiger partial charge in [0.2, 0.25) is 0 Å². The first-order valence-corrected chi connectivity index (χ1v) is 15.8. The Balaban J connectivity index is 3.53. The highest BCUT2D eigenvalue weighted by molar-refractivity contribution is 7.99. The Kier molecular flexibility index (Phi) is 21.9. The van der Waals surface area contributed by atoms with E-state index in [1.54, 1.807) is 18.9 Å². The van der Waals surface area contributed by atoms with E-state index in [2.05, 4.69) is 6.92 Å². The Hall–Kier alpha value is 0.380. The number of thioether (sulfide) groups is 1. The zero-order valence-corrected chi connectivity index (χ0v) is 24.1. The molecule has 200 valence electrons. The average Bonchev–Trinajstić information content (AvgIpc) is 2.74. The minimum absolute atomic E-state index is 0.00733.